The van der Waals surface area contributed by atoms with Crippen molar-refractivity contribution in [3.8, 4) is 0 Å². The molecule has 0 atom stereocenters. The predicted octanol–water partition coefficient (Wildman–Crippen LogP) is 6.16. The maximum Gasteiger partial charge on any atom is 0.317 e. The van der Waals surface area contributed by atoms with Gasteiger partial charge in [-0.05, 0) is 68.5 Å². The molecule has 1 aromatic carbocycles. The first-order valence-electron chi connectivity index (χ1n) is 12.6. The van der Waals surface area contributed by atoms with Crippen LogP contribution in [0.15, 0.2) is 42.6 Å². The van der Waals surface area contributed by atoms with E-state index in [1.165, 1.54) is 22.5 Å². The van der Waals surface area contributed by atoms with Crippen LogP contribution in [0.5, 0.6) is 0 Å². The summed E-state index contributed by atoms with van der Waals surface area (Å²) in [5.41, 5.74) is 4.08. The molecular formula is C27H30N6OS. The minimum absolute atomic E-state index is 0.0455. The quantitative estimate of drug-likeness (QED) is 0.341. The van der Waals surface area contributed by atoms with Gasteiger partial charge in [0.2, 0.25) is 0 Å². The zero-order valence-corrected chi connectivity index (χ0v) is 20.8. The molecule has 1 saturated carbocycles. The lowest BCUT2D eigenvalue weighted by Crippen LogP contribution is -2.44. The number of anilines is 2. The van der Waals surface area contributed by atoms with Crippen LogP contribution in [-0.2, 0) is 0 Å². The van der Waals surface area contributed by atoms with E-state index in [2.05, 4.69) is 52.9 Å². The Labute approximate surface area is 209 Å². The van der Waals surface area contributed by atoms with Crippen LogP contribution in [0.1, 0.15) is 61.6 Å². The molecule has 2 amide bonds. The van der Waals surface area contributed by atoms with E-state index in [4.69, 9.17) is 9.97 Å². The Morgan fingerprint density at radius 2 is 1.91 bits per heavy atom. The average Bonchev–Trinajstić information content (AvgIpc) is 3.66. The lowest BCUT2D eigenvalue weighted by atomic mass is 9.92. The number of hydrogen-bond donors (Lipinski definition) is 2. The molecular weight excluding hydrogens is 456 g/mol. The number of nitrogens with zero attached hydrogens (tertiary/aromatic N) is 4. The van der Waals surface area contributed by atoms with Crippen LogP contribution < -0.4 is 10.6 Å². The van der Waals surface area contributed by atoms with Crippen molar-refractivity contribution in [3.05, 3.63) is 53.3 Å². The van der Waals surface area contributed by atoms with Gasteiger partial charge in [-0.1, -0.05) is 6.92 Å². The lowest BCUT2D eigenvalue weighted by Gasteiger charge is -2.32. The second-order valence-corrected chi connectivity index (χ2v) is 10.7. The topological polar surface area (TPSA) is 83.0 Å². The highest BCUT2D eigenvalue weighted by Gasteiger charge is 2.27. The van der Waals surface area contributed by atoms with Gasteiger partial charge in [-0.2, -0.15) is 0 Å². The van der Waals surface area contributed by atoms with Gasteiger partial charge in [0.05, 0.1) is 20.7 Å². The van der Waals surface area contributed by atoms with Gasteiger partial charge in [0.15, 0.2) is 0 Å². The average molecular weight is 487 g/mol. The highest BCUT2D eigenvalue weighted by Crippen LogP contribution is 2.43. The van der Waals surface area contributed by atoms with E-state index >= 15 is 0 Å². The third kappa shape index (κ3) is 4.67. The summed E-state index contributed by atoms with van der Waals surface area (Å²) in [4.78, 5) is 28.8. The molecule has 1 aliphatic heterocycles. The van der Waals surface area contributed by atoms with Crippen molar-refractivity contribution in [1.82, 2.24) is 25.2 Å². The van der Waals surface area contributed by atoms with E-state index in [9.17, 15) is 4.79 Å². The summed E-state index contributed by atoms with van der Waals surface area (Å²) in [7, 11) is 0. The number of carbonyl (C=O) groups is 1. The van der Waals surface area contributed by atoms with Gasteiger partial charge >= 0.3 is 6.03 Å². The van der Waals surface area contributed by atoms with Crippen molar-refractivity contribution < 1.29 is 4.79 Å². The molecule has 6 rings (SSSR count). The van der Waals surface area contributed by atoms with Crippen LogP contribution in [0.25, 0.3) is 21.1 Å². The van der Waals surface area contributed by atoms with E-state index in [0.29, 0.717) is 11.8 Å². The van der Waals surface area contributed by atoms with Crippen LogP contribution in [0.4, 0.5) is 16.3 Å². The van der Waals surface area contributed by atoms with Crippen molar-refractivity contribution in [1.29, 1.82) is 0 Å². The van der Waals surface area contributed by atoms with Gasteiger partial charge in [-0.3, -0.25) is 4.98 Å². The smallest absolute Gasteiger partial charge is 0.317 e. The molecule has 3 aromatic heterocycles. The summed E-state index contributed by atoms with van der Waals surface area (Å²) < 4.78 is 1.21. The maximum atomic E-state index is 12.3. The SMILES string of the molecule is CCCNC(=O)N1CCC(c2cc3ncccc3c(Nc3ccc4nc(C5CC5)sc4c3)n2)CC1. The van der Waals surface area contributed by atoms with Crippen molar-refractivity contribution >= 4 is 50.0 Å². The molecule has 2 fully saturated rings. The van der Waals surface area contributed by atoms with E-state index in [1.807, 2.05) is 28.5 Å². The van der Waals surface area contributed by atoms with E-state index in [-0.39, 0.29) is 6.03 Å². The van der Waals surface area contributed by atoms with Crippen molar-refractivity contribution in [2.75, 3.05) is 25.0 Å². The van der Waals surface area contributed by atoms with Crippen molar-refractivity contribution in [2.45, 2.75) is 50.9 Å². The Hall–Kier alpha value is -3.26. The molecule has 35 heavy (non-hydrogen) atoms. The number of piperidine rings is 1. The predicted molar refractivity (Wildman–Crippen MR) is 142 cm³/mol. The third-order valence-corrected chi connectivity index (χ3v) is 8.12. The second kappa shape index (κ2) is 9.41. The van der Waals surface area contributed by atoms with Gasteiger partial charge in [0.1, 0.15) is 5.82 Å². The molecule has 1 aliphatic carbocycles. The molecule has 1 saturated heterocycles. The number of benzene rings is 1. The number of urea groups is 1. The standard InChI is InChI=1S/C27H30N6OS/c1-2-11-29-27(34)33-13-9-17(10-14-33)22-16-23-20(4-3-12-28-23)25(31-22)30-19-7-8-21-24(15-19)35-26(32-21)18-5-6-18/h3-4,7-8,12,15-18H,2,5-6,9-11,13-14H2,1H3,(H,29,34)(H,30,31). The molecule has 2 aliphatic rings. The summed E-state index contributed by atoms with van der Waals surface area (Å²) in [5, 5.41) is 8.84. The lowest BCUT2D eigenvalue weighted by molar-refractivity contribution is 0.181. The fourth-order valence-electron chi connectivity index (χ4n) is 4.78. The van der Waals surface area contributed by atoms with Gasteiger partial charge in [-0.25, -0.2) is 14.8 Å². The number of amides is 2. The maximum absolute atomic E-state index is 12.3. The molecule has 2 N–H and O–H groups in total. The minimum Gasteiger partial charge on any atom is -0.340 e. The first-order chi connectivity index (χ1) is 17.2. The number of hydrogen-bond acceptors (Lipinski definition) is 6. The Bertz CT molecular complexity index is 1370. The zero-order chi connectivity index (χ0) is 23.8. The van der Waals surface area contributed by atoms with Crippen LogP contribution in [0.3, 0.4) is 0 Å². The summed E-state index contributed by atoms with van der Waals surface area (Å²) in [6, 6.07) is 12.6. The van der Waals surface area contributed by atoms with Crippen molar-refractivity contribution in [2.24, 2.45) is 0 Å². The van der Waals surface area contributed by atoms with Gasteiger partial charge in [0, 0.05) is 54.4 Å². The number of likely N-dealkylation sites (tertiary alicyclic amines) is 1. The van der Waals surface area contributed by atoms with Gasteiger partial charge < -0.3 is 15.5 Å². The molecule has 0 bridgehead atoms. The van der Waals surface area contributed by atoms with Gasteiger partial charge in [0.25, 0.3) is 0 Å². The summed E-state index contributed by atoms with van der Waals surface area (Å²) >= 11 is 1.81. The van der Waals surface area contributed by atoms with Crippen molar-refractivity contribution in [3.63, 3.8) is 0 Å². The van der Waals surface area contributed by atoms with E-state index in [0.717, 1.165) is 72.5 Å². The van der Waals surface area contributed by atoms with E-state index in [1.54, 1.807) is 0 Å². The highest BCUT2D eigenvalue weighted by atomic mass is 32.1. The molecule has 4 heterocycles. The minimum atomic E-state index is 0.0455. The largest absolute Gasteiger partial charge is 0.340 e. The molecule has 4 aromatic rings. The monoisotopic (exact) mass is 486 g/mol. The fraction of sp³-hybridized carbons (Fsp3) is 0.407. The highest BCUT2D eigenvalue weighted by molar-refractivity contribution is 7.18. The number of nitrogens with one attached hydrogen (secondary N) is 2. The third-order valence-electron chi connectivity index (χ3n) is 6.94. The number of thiazole rings is 1. The van der Waals surface area contributed by atoms with Crippen LogP contribution in [0, 0.1) is 0 Å². The second-order valence-electron chi connectivity index (χ2n) is 9.59. The number of carbonyl (C=O) groups excluding carboxylic acids is 1. The van der Waals surface area contributed by atoms with Crippen LogP contribution >= 0.6 is 11.3 Å². The first-order valence-corrected chi connectivity index (χ1v) is 13.5. The van der Waals surface area contributed by atoms with Crippen LogP contribution in [0.2, 0.25) is 0 Å². The first kappa shape index (κ1) is 22.2. The summed E-state index contributed by atoms with van der Waals surface area (Å²) in [6.45, 7) is 4.28. The Morgan fingerprint density at radius 1 is 1.06 bits per heavy atom. The normalized spacial score (nSPS) is 16.7. The Morgan fingerprint density at radius 3 is 2.71 bits per heavy atom. The molecule has 0 unspecified atom stereocenters. The Balaban J connectivity index is 1.25. The fourth-order valence-corrected chi connectivity index (χ4v) is 5.96. The van der Waals surface area contributed by atoms with E-state index < -0.39 is 0 Å². The summed E-state index contributed by atoms with van der Waals surface area (Å²) in [5.74, 6) is 1.81. The summed E-state index contributed by atoms with van der Waals surface area (Å²) in [6.07, 6.45) is 7.12. The molecule has 180 valence electrons. The molecule has 0 spiro atoms. The Kier molecular flexibility index (Phi) is 5.98. The zero-order valence-electron chi connectivity index (χ0n) is 20.0. The number of pyridine rings is 2. The van der Waals surface area contributed by atoms with Crippen LogP contribution in [-0.4, -0.2) is 45.5 Å². The molecule has 0 radical (unpaired) electrons. The number of rotatable bonds is 6. The molecule has 8 heteroatoms. The number of aromatic nitrogens is 3. The molecule has 7 nitrogen and oxygen atoms in total. The van der Waals surface area contributed by atoms with Gasteiger partial charge in [-0.15, -0.1) is 11.3 Å². The number of fused-ring (bicyclic) bond motifs is 2.